The maximum Gasteiger partial charge on any atom is 0.339 e. The number of phenols is 1. The number of rotatable bonds is 5. The molecule has 1 heterocycles. The number of hydrogen-bond acceptors (Lipinski definition) is 3. The molecular weight excluding hydrogens is 384 g/mol. The summed E-state index contributed by atoms with van der Waals surface area (Å²) in [4.78, 5) is 0. The van der Waals surface area contributed by atoms with Crippen LogP contribution in [0.5, 0.6) is 5.75 Å². The third-order valence-corrected chi connectivity index (χ3v) is 4.46. The van der Waals surface area contributed by atoms with Crippen molar-refractivity contribution < 1.29 is 26.7 Å². The average Bonchev–Trinajstić information content (AvgIpc) is 2.91. The first-order valence-electron chi connectivity index (χ1n) is 7.42. The van der Waals surface area contributed by atoms with E-state index in [4.69, 9.17) is 0 Å². The van der Waals surface area contributed by atoms with Gasteiger partial charge in [0.1, 0.15) is 23.7 Å². The Balaban J connectivity index is 0.00000208. The molecule has 2 N–H and O–H groups in total. The number of aromatic nitrogens is 1. The number of aromatic hydroxyl groups is 1. The van der Waals surface area contributed by atoms with Crippen LogP contribution in [0.25, 0.3) is 11.3 Å². The van der Waals surface area contributed by atoms with Crippen LogP contribution in [0.2, 0.25) is 0 Å². The molecule has 0 aliphatic carbocycles. The van der Waals surface area contributed by atoms with Crippen molar-refractivity contribution >= 4 is 22.2 Å². The van der Waals surface area contributed by atoms with Crippen molar-refractivity contribution in [3.63, 3.8) is 0 Å². The van der Waals surface area contributed by atoms with E-state index in [2.05, 4.69) is 53.0 Å². The predicted octanol–water partition coefficient (Wildman–Crippen LogP) is 1.65. The van der Waals surface area contributed by atoms with Crippen molar-refractivity contribution in [2.45, 2.75) is 13.5 Å². The largest absolute Gasteiger partial charge is 1.00 e. The lowest BCUT2D eigenvalue weighted by molar-refractivity contribution is -0.657. The van der Waals surface area contributed by atoms with Crippen LogP contribution in [0.3, 0.4) is 0 Å². The van der Waals surface area contributed by atoms with Crippen molar-refractivity contribution in [1.82, 2.24) is 0 Å². The first-order valence-corrected chi connectivity index (χ1v) is 8.30. The van der Waals surface area contributed by atoms with Gasteiger partial charge in [0.05, 0.1) is 0 Å². The number of allylic oxidation sites excluding steroid dienone is 1. The highest BCUT2D eigenvalue weighted by Crippen LogP contribution is 2.27. The van der Waals surface area contributed by atoms with Gasteiger partial charge in [0.25, 0.3) is 0 Å². The van der Waals surface area contributed by atoms with Crippen LogP contribution >= 0.6 is 11.3 Å². The molecule has 1 aromatic heterocycles. The van der Waals surface area contributed by atoms with Crippen molar-refractivity contribution in [2.24, 2.45) is 0 Å². The van der Waals surface area contributed by atoms with Crippen LogP contribution in [0.15, 0.2) is 66.6 Å². The van der Waals surface area contributed by atoms with Gasteiger partial charge >= 0.3 is 5.13 Å². The molecule has 24 heavy (non-hydrogen) atoms. The topological polar surface area (TPSA) is 36.1 Å². The summed E-state index contributed by atoms with van der Waals surface area (Å²) >= 11 is 1.64. The van der Waals surface area contributed by atoms with E-state index in [0.29, 0.717) is 6.54 Å². The summed E-state index contributed by atoms with van der Waals surface area (Å²) in [6.45, 7) is 6.67. The second-order valence-corrected chi connectivity index (χ2v) is 6.22. The quantitative estimate of drug-likeness (QED) is 0.502. The maximum atomic E-state index is 9.61. The molecule has 0 saturated carbocycles. The Morgan fingerprint density at radius 3 is 2.62 bits per heavy atom. The standard InChI is InChI=1S/C19H18N2OS.BrH/c1-3-11-21-18(15-9-7-14(2)8-10-15)13-23-19(21)20-16-5-4-6-17(22)12-16;/h3-10,12-13,22H,1,11H2,2H3;1H. The van der Waals surface area contributed by atoms with Crippen LogP contribution in [-0.4, -0.2) is 5.11 Å². The van der Waals surface area contributed by atoms with E-state index >= 15 is 0 Å². The molecule has 3 rings (SSSR count). The highest BCUT2D eigenvalue weighted by Gasteiger charge is 2.18. The van der Waals surface area contributed by atoms with Gasteiger partial charge in [0.15, 0.2) is 0 Å². The molecule has 0 atom stereocenters. The minimum absolute atomic E-state index is 0. The van der Waals surface area contributed by atoms with Crippen LogP contribution in [0, 0.1) is 6.92 Å². The summed E-state index contributed by atoms with van der Waals surface area (Å²) in [7, 11) is 0. The summed E-state index contributed by atoms with van der Waals surface area (Å²) in [6.07, 6.45) is 1.89. The van der Waals surface area contributed by atoms with E-state index in [0.717, 1.165) is 16.5 Å². The molecule has 0 spiro atoms. The fraction of sp³-hybridized carbons (Fsp3) is 0.105. The number of nitrogens with zero attached hydrogens (tertiary/aromatic N) is 1. The summed E-state index contributed by atoms with van der Waals surface area (Å²) in [5.41, 5.74) is 4.44. The molecule has 2 aromatic carbocycles. The molecule has 0 aliphatic rings. The van der Waals surface area contributed by atoms with Crippen molar-refractivity contribution in [1.29, 1.82) is 0 Å². The van der Waals surface area contributed by atoms with Crippen LogP contribution in [0.4, 0.5) is 10.8 Å². The van der Waals surface area contributed by atoms with E-state index in [1.54, 1.807) is 23.5 Å². The molecule has 0 fully saturated rings. The second-order valence-electron chi connectivity index (χ2n) is 5.37. The van der Waals surface area contributed by atoms with Gasteiger partial charge in [-0.3, -0.25) is 0 Å². The zero-order valence-electron chi connectivity index (χ0n) is 13.4. The Labute approximate surface area is 156 Å². The number of nitrogens with one attached hydrogen (secondary N) is 1. The first kappa shape index (κ1) is 18.2. The van der Waals surface area contributed by atoms with Gasteiger partial charge < -0.3 is 22.1 Å². The Bertz CT molecular complexity index is 828. The number of benzene rings is 2. The Morgan fingerprint density at radius 1 is 1.21 bits per heavy atom. The third-order valence-electron chi connectivity index (χ3n) is 3.57. The van der Waals surface area contributed by atoms with E-state index in [1.165, 1.54) is 11.1 Å². The number of thiazole rings is 1. The van der Waals surface area contributed by atoms with Gasteiger partial charge in [0.2, 0.25) is 0 Å². The monoisotopic (exact) mass is 402 g/mol. The van der Waals surface area contributed by atoms with Gasteiger partial charge in [-0.05, 0) is 19.1 Å². The SMILES string of the molecule is C=CC[n+]1c(-c2ccc(C)cc2)csc1Nc1cccc(O)c1.[Br-]. The van der Waals surface area contributed by atoms with Gasteiger partial charge in [0, 0.05) is 17.0 Å². The molecule has 3 nitrogen and oxygen atoms in total. The molecule has 0 saturated heterocycles. The highest BCUT2D eigenvalue weighted by atomic mass is 79.9. The van der Waals surface area contributed by atoms with Gasteiger partial charge in [-0.1, -0.05) is 59.9 Å². The van der Waals surface area contributed by atoms with E-state index in [1.807, 2.05) is 18.2 Å². The predicted molar refractivity (Wildman–Crippen MR) is 96.3 cm³/mol. The van der Waals surface area contributed by atoms with Crippen LogP contribution in [0.1, 0.15) is 5.56 Å². The van der Waals surface area contributed by atoms with Crippen LogP contribution < -0.4 is 26.9 Å². The van der Waals surface area contributed by atoms with Gasteiger partial charge in [-0.15, -0.1) is 0 Å². The Kier molecular flexibility index (Phi) is 6.17. The zero-order valence-corrected chi connectivity index (χ0v) is 15.8. The number of phenolic OH excluding ortho intramolecular Hbond substituents is 1. The number of anilines is 2. The average molecular weight is 403 g/mol. The van der Waals surface area contributed by atoms with E-state index in [-0.39, 0.29) is 22.7 Å². The van der Waals surface area contributed by atoms with Crippen molar-refractivity contribution in [3.05, 3.63) is 72.1 Å². The fourth-order valence-corrected chi connectivity index (χ4v) is 3.37. The lowest BCUT2D eigenvalue weighted by Crippen LogP contribution is -3.00. The molecule has 3 aromatic rings. The number of halogens is 1. The molecule has 0 aliphatic heterocycles. The van der Waals surface area contributed by atoms with Gasteiger partial charge in [-0.2, -0.15) is 0 Å². The molecular formula is C19H19BrN2OS. The molecule has 0 amide bonds. The Hall–Kier alpha value is -2.11. The molecule has 0 bridgehead atoms. The van der Waals surface area contributed by atoms with E-state index in [9.17, 15) is 5.11 Å². The van der Waals surface area contributed by atoms with Crippen LogP contribution in [-0.2, 0) is 6.54 Å². The minimum atomic E-state index is 0. The molecule has 0 unspecified atom stereocenters. The molecule has 124 valence electrons. The summed E-state index contributed by atoms with van der Waals surface area (Å²) in [5, 5.41) is 16.1. The fourth-order valence-electron chi connectivity index (χ4n) is 2.41. The van der Waals surface area contributed by atoms with Crippen molar-refractivity contribution in [3.8, 4) is 17.0 Å². The number of aryl methyl sites for hydroxylation is 1. The third kappa shape index (κ3) is 4.04. The summed E-state index contributed by atoms with van der Waals surface area (Å²) < 4.78 is 2.19. The normalized spacial score (nSPS) is 10.0. The second kappa shape index (κ2) is 8.13. The smallest absolute Gasteiger partial charge is 0.339 e. The maximum absolute atomic E-state index is 9.61. The minimum Gasteiger partial charge on any atom is -1.00 e. The zero-order chi connectivity index (χ0) is 16.2. The van der Waals surface area contributed by atoms with E-state index < -0.39 is 0 Å². The summed E-state index contributed by atoms with van der Waals surface area (Å²) in [6, 6.07) is 15.6. The lowest BCUT2D eigenvalue weighted by Gasteiger charge is -2.05. The van der Waals surface area contributed by atoms with Crippen molar-refractivity contribution in [2.75, 3.05) is 5.32 Å². The first-order chi connectivity index (χ1) is 11.2. The Morgan fingerprint density at radius 2 is 1.96 bits per heavy atom. The molecule has 5 heteroatoms. The van der Waals surface area contributed by atoms with Gasteiger partial charge in [-0.25, -0.2) is 9.88 Å². The number of hydrogen-bond donors (Lipinski definition) is 2. The highest BCUT2D eigenvalue weighted by molar-refractivity contribution is 7.13. The lowest BCUT2D eigenvalue weighted by atomic mass is 10.1. The summed E-state index contributed by atoms with van der Waals surface area (Å²) in [5.74, 6) is 0.251. The molecule has 0 radical (unpaired) electrons.